The Morgan fingerprint density at radius 1 is 1.08 bits per heavy atom. The third-order valence-corrected chi connectivity index (χ3v) is 6.63. The predicted molar refractivity (Wildman–Crippen MR) is 94.6 cm³/mol. The molecular formula is C18H20N4O2S. The number of imidazole rings is 1. The van der Waals surface area contributed by atoms with E-state index < -0.39 is 10.0 Å². The zero-order valence-electron chi connectivity index (χ0n) is 14.0. The first-order chi connectivity index (χ1) is 12.1. The van der Waals surface area contributed by atoms with E-state index in [9.17, 15) is 8.42 Å². The molecule has 4 rings (SSSR count). The average Bonchev–Trinajstić information content (AvgIpc) is 3.10. The number of fused-ring (bicyclic) bond motifs is 1. The highest BCUT2D eigenvalue weighted by Crippen LogP contribution is 2.34. The Morgan fingerprint density at radius 3 is 2.68 bits per heavy atom. The molecule has 130 valence electrons. The Morgan fingerprint density at radius 2 is 1.88 bits per heavy atom. The lowest BCUT2D eigenvalue weighted by Gasteiger charge is -2.34. The highest BCUT2D eigenvalue weighted by Gasteiger charge is 2.35. The zero-order chi connectivity index (χ0) is 17.4. The molecule has 7 heteroatoms. The van der Waals surface area contributed by atoms with Crippen LogP contribution in [0.5, 0.6) is 0 Å². The third-order valence-electron chi connectivity index (χ3n) is 4.71. The summed E-state index contributed by atoms with van der Waals surface area (Å²) in [6, 6.07) is 8.68. The first kappa shape index (κ1) is 16.2. The summed E-state index contributed by atoms with van der Waals surface area (Å²) in [5.41, 5.74) is 1.80. The maximum atomic E-state index is 13.2. The summed E-state index contributed by atoms with van der Waals surface area (Å²) >= 11 is 0. The summed E-state index contributed by atoms with van der Waals surface area (Å²) in [6.45, 7) is 2.46. The summed E-state index contributed by atoms with van der Waals surface area (Å²) < 4.78 is 29.8. The average molecular weight is 356 g/mol. The number of piperidine rings is 1. The van der Waals surface area contributed by atoms with Gasteiger partial charge in [-0.25, -0.2) is 18.4 Å². The smallest absolute Gasteiger partial charge is 0.243 e. The van der Waals surface area contributed by atoms with E-state index >= 15 is 0 Å². The van der Waals surface area contributed by atoms with Gasteiger partial charge >= 0.3 is 0 Å². The Kier molecular flexibility index (Phi) is 4.05. The van der Waals surface area contributed by atoms with Crippen molar-refractivity contribution in [3.05, 3.63) is 60.2 Å². The van der Waals surface area contributed by atoms with Crippen LogP contribution in [0.2, 0.25) is 0 Å². The van der Waals surface area contributed by atoms with Gasteiger partial charge in [0, 0.05) is 25.1 Å². The summed E-state index contributed by atoms with van der Waals surface area (Å²) in [7, 11) is -3.55. The van der Waals surface area contributed by atoms with Gasteiger partial charge in [-0.3, -0.25) is 4.40 Å². The Hall–Kier alpha value is -2.25. The fraction of sp³-hybridized carbons (Fsp3) is 0.333. The quantitative estimate of drug-likeness (QED) is 0.724. The van der Waals surface area contributed by atoms with Crippen molar-refractivity contribution in [1.82, 2.24) is 18.7 Å². The first-order valence-corrected chi connectivity index (χ1v) is 9.88. The van der Waals surface area contributed by atoms with Crippen LogP contribution in [-0.4, -0.2) is 33.6 Å². The van der Waals surface area contributed by atoms with Crippen molar-refractivity contribution in [3.8, 4) is 0 Å². The lowest BCUT2D eigenvalue weighted by atomic mass is 10.0. The number of benzene rings is 1. The van der Waals surface area contributed by atoms with Crippen molar-refractivity contribution in [2.24, 2.45) is 0 Å². The summed E-state index contributed by atoms with van der Waals surface area (Å²) in [5, 5.41) is 0. The van der Waals surface area contributed by atoms with E-state index in [4.69, 9.17) is 0 Å². The van der Waals surface area contributed by atoms with Crippen molar-refractivity contribution in [2.45, 2.75) is 37.1 Å². The number of nitrogens with zero attached hydrogens (tertiary/aromatic N) is 4. The van der Waals surface area contributed by atoms with Crippen molar-refractivity contribution >= 4 is 15.8 Å². The molecule has 1 aliphatic rings. The molecular weight excluding hydrogens is 336 g/mol. The van der Waals surface area contributed by atoms with E-state index in [-0.39, 0.29) is 6.04 Å². The number of hydrogen-bond acceptors (Lipinski definition) is 4. The van der Waals surface area contributed by atoms with E-state index in [0.717, 1.165) is 30.5 Å². The molecule has 0 bridgehead atoms. The SMILES string of the molecule is Cc1ccc(S(=O)(=O)N2CCCC[C@H]2c2ccn3ccnc3n2)cc1. The molecule has 0 aliphatic carbocycles. The molecule has 0 unspecified atom stereocenters. The van der Waals surface area contributed by atoms with Gasteiger partial charge in [0.25, 0.3) is 0 Å². The van der Waals surface area contributed by atoms with Crippen LogP contribution in [-0.2, 0) is 10.0 Å². The van der Waals surface area contributed by atoms with Crippen molar-refractivity contribution in [3.63, 3.8) is 0 Å². The minimum atomic E-state index is -3.55. The molecule has 6 nitrogen and oxygen atoms in total. The van der Waals surface area contributed by atoms with E-state index in [0.29, 0.717) is 17.2 Å². The molecule has 1 saturated heterocycles. The topological polar surface area (TPSA) is 67.6 Å². The maximum Gasteiger partial charge on any atom is 0.243 e. The standard InChI is InChI=1S/C18H20N4O2S/c1-14-5-7-15(8-6-14)25(23,24)22-11-3-2-4-17(22)16-9-12-21-13-10-19-18(21)20-16/h5-10,12-13,17H,2-4,11H2,1H3/t17-/m0/s1. The Labute approximate surface area is 147 Å². The van der Waals surface area contributed by atoms with E-state index in [1.807, 2.05) is 41.9 Å². The van der Waals surface area contributed by atoms with Gasteiger partial charge in [-0.2, -0.15) is 4.31 Å². The monoisotopic (exact) mass is 356 g/mol. The van der Waals surface area contributed by atoms with Crippen molar-refractivity contribution < 1.29 is 8.42 Å². The molecule has 25 heavy (non-hydrogen) atoms. The van der Waals surface area contributed by atoms with Crippen LogP contribution >= 0.6 is 0 Å². The predicted octanol–water partition coefficient (Wildman–Crippen LogP) is 2.95. The van der Waals surface area contributed by atoms with Crippen molar-refractivity contribution in [1.29, 1.82) is 0 Å². The molecule has 1 atom stereocenters. The van der Waals surface area contributed by atoms with Gasteiger partial charge in [-0.15, -0.1) is 0 Å². The first-order valence-electron chi connectivity index (χ1n) is 8.44. The van der Waals surface area contributed by atoms with E-state index in [2.05, 4.69) is 9.97 Å². The minimum Gasteiger partial charge on any atom is -0.291 e. The normalized spacial score (nSPS) is 19.3. The summed E-state index contributed by atoms with van der Waals surface area (Å²) in [4.78, 5) is 9.13. The number of aryl methyl sites for hydroxylation is 1. The second-order valence-corrected chi connectivity index (χ2v) is 8.32. The highest BCUT2D eigenvalue weighted by atomic mass is 32.2. The van der Waals surface area contributed by atoms with Crippen LogP contribution in [0.15, 0.2) is 53.8 Å². The van der Waals surface area contributed by atoms with Crippen molar-refractivity contribution in [2.75, 3.05) is 6.54 Å². The fourth-order valence-electron chi connectivity index (χ4n) is 3.34. The molecule has 2 aromatic heterocycles. The number of hydrogen-bond donors (Lipinski definition) is 0. The van der Waals surface area contributed by atoms with Gasteiger partial charge in [-0.1, -0.05) is 24.1 Å². The fourth-order valence-corrected chi connectivity index (χ4v) is 5.01. The zero-order valence-corrected chi connectivity index (χ0v) is 14.9. The van der Waals surface area contributed by atoms with E-state index in [1.54, 1.807) is 22.6 Å². The summed E-state index contributed by atoms with van der Waals surface area (Å²) in [5.74, 6) is 0.593. The maximum absolute atomic E-state index is 13.2. The van der Waals surface area contributed by atoms with Crippen LogP contribution in [0.3, 0.4) is 0 Å². The van der Waals surface area contributed by atoms with Crippen LogP contribution in [0, 0.1) is 6.92 Å². The van der Waals surface area contributed by atoms with Crippen LogP contribution in [0.25, 0.3) is 5.78 Å². The van der Waals surface area contributed by atoms with Gasteiger partial charge in [0.15, 0.2) is 0 Å². The van der Waals surface area contributed by atoms with Gasteiger partial charge in [0.1, 0.15) is 0 Å². The third kappa shape index (κ3) is 2.94. The number of rotatable bonds is 3. The molecule has 3 heterocycles. The molecule has 1 fully saturated rings. The van der Waals surface area contributed by atoms with E-state index in [1.165, 1.54) is 0 Å². The largest absolute Gasteiger partial charge is 0.291 e. The molecule has 1 aromatic carbocycles. The molecule has 0 N–H and O–H groups in total. The van der Waals surface area contributed by atoms with Crippen LogP contribution in [0.4, 0.5) is 0 Å². The van der Waals surface area contributed by atoms with Gasteiger partial charge in [0.05, 0.1) is 16.6 Å². The Bertz CT molecular complexity index is 995. The Balaban J connectivity index is 1.74. The molecule has 3 aromatic rings. The number of aromatic nitrogens is 3. The lowest BCUT2D eigenvalue weighted by Crippen LogP contribution is -2.38. The second-order valence-electron chi connectivity index (χ2n) is 6.43. The highest BCUT2D eigenvalue weighted by molar-refractivity contribution is 7.89. The van der Waals surface area contributed by atoms with Gasteiger partial charge in [-0.05, 0) is 38.0 Å². The van der Waals surface area contributed by atoms with Crippen LogP contribution in [0.1, 0.15) is 36.6 Å². The number of sulfonamides is 1. The minimum absolute atomic E-state index is 0.248. The molecule has 0 radical (unpaired) electrons. The second kappa shape index (κ2) is 6.24. The van der Waals surface area contributed by atoms with Gasteiger partial charge in [0.2, 0.25) is 15.8 Å². The molecule has 0 amide bonds. The molecule has 0 saturated carbocycles. The summed E-state index contributed by atoms with van der Waals surface area (Å²) in [6.07, 6.45) is 8.03. The van der Waals surface area contributed by atoms with Gasteiger partial charge < -0.3 is 0 Å². The molecule has 0 spiro atoms. The lowest BCUT2D eigenvalue weighted by molar-refractivity contribution is 0.251. The molecule has 1 aliphatic heterocycles. The van der Waals surface area contributed by atoms with Crippen LogP contribution < -0.4 is 0 Å².